The van der Waals surface area contributed by atoms with Crippen LogP contribution in [0, 0.1) is 36.0 Å². The third-order valence-electron chi connectivity index (χ3n) is 12.2. The second-order valence-corrected chi connectivity index (χ2v) is 17.5. The molecule has 11 nitrogen and oxygen atoms in total. The zero-order chi connectivity index (χ0) is 38.8. The zero-order valence-electron chi connectivity index (χ0n) is 29.7. The number of aromatic nitrogens is 2. The van der Waals surface area contributed by atoms with Gasteiger partial charge in [0, 0.05) is 38.8 Å². The molecule has 0 spiro atoms. The normalized spacial score (nSPS) is 26.1. The maximum atomic E-state index is 15.1. The van der Waals surface area contributed by atoms with E-state index in [0.717, 1.165) is 31.0 Å². The molecule has 0 bridgehead atoms. The number of allylic oxidation sites excluding steroid dienone is 2. The van der Waals surface area contributed by atoms with Crippen molar-refractivity contribution in [3.05, 3.63) is 99.0 Å². The van der Waals surface area contributed by atoms with Crippen LogP contribution in [0.3, 0.4) is 0 Å². The number of aromatic hydroxyl groups is 1. The van der Waals surface area contributed by atoms with Crippen LogP contribution < -0.4 is 15.3 Å². The van der Waals surface area contributed by atoms with E-state index in [1.54, 1.807) is 55.6 Å². The van der Waals surface area contributed by atoms with Gasteiger partial charge < -0.3 is 15.2 Å². The minimum Gasteiger partial charge on any atom is -0.508 e. The summed E-state index contributed by atoms with van der Waals surface area (Å²) in [5, 5.41) is 37.4. The van der Waals surface area contributed by atoms with E-state index in [2.05, 4.69) is 15.9 Å². The first-order valence-electron chi connectivity index (χ1n) is 17.8. The summed E-state index contributed by atoms with van der Waals surface area (Å²) < 4.78 is 3.22. The predicted molar refractivity (Wildman–Crippen MR) is 213 cm³/mol. The van der Waals surface area contributed by atoms with Crippen LogP contribution in [0.5, 0.6) is 5.75 Å². The monoisotopic (exact) mass is 838 g/mol. The van der Waals surface area contributed by atoms with Crippen LogP contribution in [0.15, 0.2) is 82.9 Å². The van der Waals surface area contributed by atoms with E-state index in [1.807, 2.05) is 31.2 Å². The quantitative estimate of drug-likeness (QED) is 0.113. The molecule has 1 saturated carbocycles. The molecule has 5 aromatic rings. The van der Waals surface area contributed by atoms with Crippen molar-refractivity contribution < 1.29 is 34.3 Å². The highest BCUT2D eigenvalue weighted by Crippen LogP contribution is 2.64. The molecule has 4 aliphatic rings. The van der Waals surface area contributed by atoms with Gasteiger partial charge in [-0.1, -0.05) is 51.3 Å². The summed E-state index contributed by atoms with van der Waals surface area (Å²) in [5.41, 5.74) is 1.71. The average Bonchev–Trinajstić information content (AvgIpc) is 3.82. The molecule has 2 aliphatic heterocycles. The molecule has 278 valence electrons. The fraction of sp³-hybridized carbons (Fsp3) is 0.275. The summed E-state index contributed by atoms with van der Waals surface area (Å²) in [6.45, 7) is 3.75. The summed E-state index contributed by atoms with van der Waals surface area (Å²) in [5.74, 6) is -5.45. The zero-order valence-corrected chi connectivity index (χ0v) is 32.9. The van der Waals surface area contributed by atoms with Crippen molar-refractivity contribution in [2.24, 2.45) is 36.1 Å². The molecule has 4 heterocycles. The molecule has 2 aliphatic carbocycles. The number of anilines is 2. The Bertz CT molecular complexity index is 2570. The molecule has 3 fully saturated rings. The third kappa shape index (κ3) is 5.18. The van der Waals surface area contributed by atoms with Crippen LogP contribution in [0.25, 0.3) is 20.7 Å². The van der Waals surface area contributed by atoms with Gasteiger partial charge in [-0.25, -0.2) is 4.90 Å². The number of phenolic OH excluding ortho intramolecular Hbond substituents is 1. The van der Waals surface area contributed by atoms with E-state index in [1.165, 1.54) is 27.8 Å². The highest BCUT2D eigenvalue weighted by Gasteiger charge is 2.68. The van der Waals surface area contributed by atoms with Crippen molar-refractivity contribution in [1.29, 1.82) is 0 Å². The number of aryl methyl sites for hydroxylation is 2. The number of fused-ring (bicyclic) bond motifs is 5. The summed E-state index contributed by atoms with van der Waals surface area (Å²) >= 11 is 11.4. The molecular weight excluding hydrogens is 807 g/mol. The van der Waals surface area contributed by atoms with E-state index in [0.29, 0.717) is 26.6 Å². The molecule has 55 heavy (non-hydrogen) atoms. The number of carbonyl (C=O) groups is 4. The Labute approximate surface area is 333 Å². The first kappa shape index (κ1) is 36.1. The number of phenols is 1. The van der Waals surface area contributed by atoms with E-state index < -0.39 is 65.8 Å². The molecule has 2 aromatic heterocycles. The van der Waals surface area contributed by atoms with E-state index in [-0.39, 0.29) is 29.7 Å². The fourth-order valence-corrected chi connectivity index (χ4v) is 11.3. The maximum absolute atomic E-state index is 15.1. The molecule has 15 heteroatoms. The van der Waals surface area contributed by atoms with Gasteiger partial charge in [0.05, 0.1) is 33.7 Å². The first-order chi connectivity index (χ1) is 26.2. The number of hydrogen-bond donors (Lipinski definition) is 3. The van der Waals surface area contributed by atoms with Gasteiger partial charge in [-0.2, -0.15) is 5.10 Å². The molecule has 3 aromatic carbocycles. The molecule has 6 atom stereocenters. The van der Waals surface area contributed by atoms with Crippen LogP contribution in [0.2, 0.25) is 5.02 Å². The van der Waals surface area contributed by atoms with Crippen LogP contribution in [-0.4, -0.2) is 55.7 Å². The van der Waals surface area contributed by atoms with Gasteiger partial charge >= 0.3 is 7.12 Å². The molecule has 2 saturated heterocycles. The van der Waals surface area contributed by atoms with Crippen LogP contribution in [0.1, 0.15) is 36.8 Å². The van der Waals surface area contributed by atoms with Crippen molar-refractivity contribution in [2.75, 3.05) is 9.80 Å². The maximum Gasteiger partial charge on any atom is 0.488 e. The highest BCUT2D eigenvalue weighted by molar-refractivity contribution is 9.10. The van der Waals surface area contributed by atoms with Gasteiger partial charge in [-0.05, 0) is 97.6 Å². The fourth-order valence-electron chi connectivity index (χ4n) is 9.63. The van der Waals surface area contributed by atoms with E-state index in [4.69, 9.17) is 16.7 Å². The van der Waals surface area contributed by atoms with E-state index >= 15 is 4.79 Å². The average molecular weight is 840 g/mol. The summed E-state index contributed by atoms with van der Waals surface area (Å²) in [6, 6.07) is 18.4. The van der Waals surface area contributed by atoms with Crippen molar-refractivity contribution in [2.45, 2.75) is 32.6 Å². The molecule has 3 N–H and O–H groups in total. The Hall–Kier alpha value is -4.60. The van der Waals surface area contributed by atoms with Crippen molar-refractivity contribution >= 4 is 96.7 Å². The van der Waals surface area contributed by atoms with Gasteiger partial charge in [-0.15, -0.1) is 11.3 Å². The highest BCUT2D eigenvalue weighted by atomic mass is 79.9. The number of rotatable bonds is 5. The third-order valence-corrected chi connectivity index (χ3v) is 14.2. The van der Waals surface area contributed by atoms with Gasteiger partial charge in [0.1, 0.15) is 17.3 Å². The molecular formula is C40H33BBrClN4O7S. The smallest absolute Gasteiger partial charge is 0.488 e. The molecule has 9 rings (SSSR count). The SMILES string of the molecule is Cc1c(-c2cc(N3C(=O)[C@@H]4C[C@@H]5C(=CC[C@@H]6C(=O)N(c7cccc(B(O)O)c7)C(=O)[C@@H]65)[C@H](c5cc(Br)ccc5O)[C@]4(C)C3=O)n(C)n2)sc2ccc(Cl)cc12. The lowest BCUT2D eigenvalue weighted by Crippen LogP contribution is -2.49. The largest absolute Gasteiger partial charge is 0.508 e. The number of thiophene rings is 1. The Morgan fingerprint density at radius 1 is 0.964 bits per heavy atom. The number of imide groups is 2. The minimum absolute atomic E-state index is 0.0615. The number of halogens is 2. The lowest BCUT2D eigenvalue weighted by molar-refractivity contribution is -0.131. The Kier molecular flexibility index (Phi) is 8.34. The van der Waals surface area contributed by atoms with Crippen LogP contribution in [-0.2, 0) is 26.2 Å². The number of carbonyl (C=O) groups excluding carboxylic acids is 4. The summed E-state index contributed by atoms with van der Waals surface area (Å²) in [7, 11) is -0.106. The van der Waals surface area contributed by atoms with Gasteiger partial charge in [0.15, 0.2) is 0 Å². The Balaban J connectivity index is 1.15. The molecule has 4 amide bonds. The first-order valence-corrected chi connectivity index (χ1v) is 19.8. The minimum atomic E-state index is -1.80. The Morgan fingerprint density at radius 2 is 1.75 bits per heavy atom. The number of hydrogen-bond acceptors (Lipinski definition) is 9. The lowest BCUT2D eigenvalue weighted by Gasteiger charge is -2.49. The van der Waals surface area contributed by atoms with Crippen molar-refractivity contribution in [3.8, 4) is 16.3 Å². The molecule has 0 radical (unpaired) electrons. The van der Waals surface area contributed by atoms with Gasteiger partial charge in [0.25, 0.3) is 0 Å². The second-order valence-electron chi connectivity index (χ2n) is 15.1. The topological polar surface area (TPSA) is 153 Å². The van der Waals surface area contributed by atoms with Crippen molar-refractivity contribution in [1.82, 2.24) is 9.78 Å². The van der Waals surface area contributed by atoms with Crippen LogP contribution >= 0.6 is 38.9 Å². The standard InChI is InChI=1S/C40H33BBrClN4O7S/c1-18-25-15-21(43)8-12-31(25)55-35(18)29-17-32(45(3)44-29)47-37(50)28-16-26-23(34(40(28,2)39(47)52)27-14-20(42)7-11-30(27)48)9-10-24-33(26)38(51)46(36(24)49)22-6-4-5-19(13-22)41(53)54/h4-9,11-15,17,24,26,28,33-34,48,53-54H,10,16H2,1-3H3/t24-,26+,28-,33-,34+,40+/m0/s1. The number of nitrogens with zero attached hydrogens (tertiary/aromatic N) is 4. The van der Waals surface area contributed by atoms with Crippen LogP contribution in [0.4, 0.5) is 11.5 Å². The predicted octanol–water partition coefficient (Wildman–Crippen LogP) is 5.85. The number of amides is 4. The summed E-state index contributed by atoms with van der Waals surface area (Å²) in [6.07, 6.45) is 2.25. The van der Waals surface area contributed by atoms with E-state index in [9.17, 15) is 29.5 Å². The molecule has 0 unspecified atom stereocenters. The van der Waals surface area contributed by atoms with Gasteiger partial charge in [-0.3, -0.25) is 28.8 Å². The van der Waals surface area contributed by atoms with Crippen molar-refractivity contribution in [3.63, 3.8) is 0 Å². The second kappa shape index (κ2) is 12.7. The lowest BCUT2D eigenvalue weighted by atomic mass is 9.51. The summed E-state index contributed by atoms with van der Waals surface area (Å²) in [4.78, 5) is 61.6. The van der Waals surface area contributed by atoms with Gasteiger partial charge in [0.2, 0.25) is 23.6 Å². The Morgan fingerprint density at radius 3 is 2.51 bits per heavy atom. The number of benzene rings is 3.